The van der Waals surface area contributed by atoms with Gasteiger partial charge in [-0.15, -0.1) is 0 Å². The highest BCUT2D eigenvalue weighted by molar-refractivity contribution is 6.35. The van der Waals surface area contributed by atoms with Gasteiger partial charge in [-0.3, -0.25) is 4.79 Å². The van der Waals surface area contributed by atoms with Gasteiger partial charge < -0.3 is 14.8 Å². The lowest BCUT2D eigenvalue weighted by Crippen LogP contribution is -2.32. The third-order valence-corrected chi connectivity index (χ3v) is 4.09. The first kappa shape index (κ1) is 20.6. The van der Waals surface area contributed by atoms with Crippen molar-refractivity contribution in [3.8, 4) is 11.8 Å². The second kappa shape index (κ2) is 9.81. The lowest BCUT2D eigenvalue weighted by molar-refractivity contribution is -0.150. The lowest BCUT2D eigenvalue weighted by atomic mass is 10.1. The summed E-state index contributed by atoms with van der Waals surface area (Å²) >= 11 is 11.9. The van der Waals surface area contributed by atoms with Gasteiger partial charge in [0.2, 0.25) is 0 Å². The normalized spacial score (nSPS) is 11.2. The Labute approximate surface area is 166 Å². The van der Waals surface area contributed by atoms with Gasteiger partial charge in [-0.2, -0.15) is 5.26 Å². The molecule has 0 bridgehead atoms. The van der Waals surface area contributed by atoms with Crippen LogP contribution in [-0.4, -0.2) is 25.1 Å². The molecule has 0 aliphatic rings. The van der Waals surface area contributed by atoms with Crippen LogP contribution in [0.2, 0.25) is 10.0 Å². The van der Waals surface area contributed by atoms with E-state index < -0.39 is 25.1 Å². The summed E-state index contributed by atoms with van der Waals surface area (Å²) in [4.78, 5) is 23.7. The largest absolute Gasteiger partial charge is 0.481 e. The molecule has 0 aliphatic carbocycles. The van der Waals surface area contributed by atoms with Gasteiger partial charge in [-0.25, -0.2) is 4.79 Å². The van der Waals surface area contributed by atoms with Crippen molar-refractivity contribution in [2.24, 2.45) is 0 Å². The molecular formula is C19H16Cl2N2O4. The minimum atomic E-state index is -0.727. The Morgan fingerprint density at radius 3 is 2.63 bits per heavy atom. The van der Waals surface area contributed by atoms with Crippen LogP contribution in [0.4, 0.5) is 0 Å². The molecule has 1 amide bonds. The quantitative estimate of drug-likeness (QED) is 0.708. The maximum Gasteiger partial charge on any atom is 0.344 e. The Morgan fingerprint density at radius 1 is 1.19 bits per heavy atom. The third kappa shape index (κ3) is 6.17. The molecule has 0 unspecified atom stereocenters. The lowest BCUT2D eigenvalue weighted by Gasteiger charge is -2.16. The van der Waals surface area contributed by atoms with Gasteiger partial charge in [-0.1, -0.05) is 41.4 Å². The fourth-order valence-electron chi connectivity index (χ4n) is 2.22. The molecule has 2 rings (SSSR count). The van der Waals surface area contributed by atoms with Crippen LogP contribution in [0.5, 0.6) is 5.75 Å². The van der Waals surface area contributed by atoms with Gasteiger partial charge in [0.05, 0.1) is 11.6 Å². The van der Waals surface area contributed by atoms with E-state index in [-0.39, 0.29) is 11.8 Å². The zero-order chi connectivity index (χ0) is 19.8. The predicted molar refractivity (Wildman–Crippen MR) is 101 cm³/mol. The fraction of sp³-hybridized carbons (Fsp3) is 0.211. The average Bonchev–Trinajstić information content (AvgIpc) is 2.64. The highest BCUT2D eigenvalue weighted by Crippen LogP contribution is 2.26. The second-order valence-electron chi connectivity index (χ2n) is 5.51. The summed E-state index contributed by atoms with van der Waals surface area (Å²) in [6.07, 6.45) is 0. The molecule has 6 nitrogen and oxygen atoms in total. The number of hydrogen-bond donors (Lipinski definition) is 1. The molecule has 140 valence electrons. The molecule has 0 fully saturated rings. The maximum atomic E-state index is 11.9. The van der Waals surface area contributed by atoms with Crippen molar-refractivity contribution in [1.29, 1.82) is 5.26 Å². The standard InChI is InChI=1S/C19H16Cl2N2O4/c1-12(15-7-6-14(20)8-16(15)21)23-18(24)10-27-19(25)11-26-17-5-3-2-4-13(17)9-22/h2-8,12H,10-11H2,1H3,(H,23,24)/t12-/m0/s1. The van der Waals surface area contributed by atoms with E-state index in [0.29, 0.717) is 21.2 Å². The molecule has 2 aromatic rings. The van der Waals surface area contributed by atoms with Crippen molar-refractivity contribution in [1.82, 2.24) is 5.32 Å². The van der Waals surface area contributed by atoms with Crippen LogP contribution in [0, 0.1) is 11.3 Å². The van der Waals surface area contributed by atoms with E-state index in [1.54, 1.807) is 49.4 Å². The topological polar surface area (TPSA) is 88.4 Å². The van der Waals surface area contributed by atoms with E-state index in [0.717, 1.165) is 0 Å². The van der Waals surface area contributed by atoms with E-state index in [1.165, 1.54) is 0 Å². The summed E-state index contributed by atoms with van der Waals surface area (Å²) in [5.41, 5.74) is 0.994. The number of halogens is 2. The number of benzene rings is 2. The number of esters is 1. The fourth-order valence-corrected chi connectivity index (χ4v) is 2.79. The number of nitriles is 1. The first-order chi connectivity index (χ1) is 12.9. The molecule has 0 spiro atoms. The number of amides is 1. The Balaban J connectivity index is 1.79. The molecule has 0 saturated heterocycles. The molecule has 2 aromatic carbocycles. The van der Waals surface area contributed by atoms with E-state index >= 15 is 0 Å². The van der Waals surface area contributed by atoms with Crippen molar-refractivity contribution in [2.45, 2.75) is 13.0 Å². The van der Waals surface area contributed by atoms with Gasteiger partial charge in [0.15, 0.2) is 13.2 Å². The van der Waals surface area contributed by atoms with E-state index in [1.807, 2.05) is 6.07 Å². The number of hydrogen-bond acceptors (Lipinski definition) is 5. The summed E-state index contributed by atoms with van der Waals surface area (Å²) in [5.74, 6) is -0.943. The van der Waals surface area contributed by atoms with Crippen LogP contribution in [0.15, 0.2) is 42.5 Å². The third-order valence-electron chi connectivity index (χ3n) is 3.52. The van der Waals surface area contributed by atoms with Crippen molar-refractivity contribution in [3.63, 3.8) is 0 Å². The minimum absolute atomic E-state index is 0.271. The maximum absolute atomic E-state index is 11.9. The van der Waals surface area contributed by atoms with Crippen LogP contribution in [0.25, 0.3) is 0 Å². The van der Waals surface area contributed by atoms with Crippen molar-refractivity contribution in [3.05, 3.63) is 63.6 Å². The minimum Gasteiger partial charge on any atom is -0.481 e. The number of carbonyl (C=O) groups is 2. The molecular weight excluding hydrogens is 391 g/mol. The predicted octanol–water partition coefficient (Wildman–Crippen LogP) is 3.66. The van der Waals surface area contributed by atoms with Gasteiger partial charge >= 0.3 is 5.97 Å². The first-order valence-electron chi connectivity index (χ1n) is 7.92. The molecule has 0 heterocycles. The molecule has 0 aromatic heterocycles. The molecule has 0 saturated carbocycles. The second-order valence-corrected chi connectivity index (χ2v) is 6.36. The van der Waals surface area contributed by atoms with Crippen LogP contribution in [0.3, 0.4) is 0 Å². The monoisotopic (exact) mass is 406 g/mol. The number of ether oxygens (including phenoxy) is 2. The van der Waals surface area contributed by atoms with Crippen LogP contribution in [-0.2, 0) is 14.3 Å². The number of nitrogens with zero attached hydrogens (tertiary/aromatic N) is 1. The smallest absolute Gasteiger partial charge is 0.344 e. The molecule has 8 heteroatoms. The summed E-state index contributed by atoms with van der Waals surface area (Å²) < 4.78 is 10.1. The average molecular weight is 407 g/mol. The summed E-state index contributed by atoms with van der Waals surface area (Å²) in [7, 11) is 0. The number of rotatable bonds is 7. The molecule has 1 atom stereocenters. The van der Waals surface area contributed by atoms with Crippen molar-refractivity contribution >= 4 is 35.1 Å². The summed E-state index contributed by atoms with van der Waals surface area (Å²) in [6.45, 7) is 0.874. The first-order valence-corrected chi connectivity index (χ1v) is 8.68. The number of para-hydroxylation sites is 1. The molecule has 1 N–H and O–H groups in total. The van der Waals surface area contributed by atoms with Gasteiger partial charge in [0.1, 0.15) is 11.8 Å². The number of nitrogens with one attached hydrogen (secondary N) is 1. The van der Waals surface area contributed by atoms with E-state index in [2.05, 4.69) is 5.32 Å². The van der Waals surface area contributed by atoms with Crippen LogP contribution < -0.4 is 10.1 Å². The SMILES string of the molecule is C[C@H](NC(=O)COC(=O)COc1ccccc1C#N)c1ccc(Cl)cc1Cl. The summed E-state index contributed by atoms with van der Waals surface area (Å²) in [6, 6.07) is 13.0. The van der Waals surface area contributed by atoms with Crippen LogP contribution in [0.1, 0.15) is 24.1 Å². The Kier molecular flexibility index (Phi) is 7.47. The van der Waals surface area contributed by atoms with Crippen molar-refractivity contribution < 1.29 is 19.1 Å². The van der Waals surface area contributed by atoms with Crippen LogP contribution >= 0.6 is 23.2 Å². The molecule has 0 aliphatic heterocycles. The van der Waals surface area contributed by atoms with Gasteiger partial charge in [0, 0.05) is 10.0 Å². The van der Waals surface area contributed by atoms with E-state index in [9.17, 15) is 9.59 Å². The Bertz CT molecular complexity index is 880. The van der Waals surface area contributed by atoms with Gasteiger partial charge in [-0.05, 0) is 36.8 Å². The van der Waals surface area contributed by atoms with E-state index in [4.69, 9.17) is 37.9 Å². The van der Waals surface area contributed by atoms with Gasteiger partial charge in [0.25, 0.3) is 5.91 Å². The number of carbonyl (C=O) groups excluding carboxylic acids is 2. The molecule has 27 heavy (non-hydrogen) atoms. The highest BCUT2D eigenvalue weighted by Gasteiger charge is 2.15. The zero-order valence-corrected chi connectivity index (χ0v) is 15.9. The highest BCUT2D eigenvalue weighted by atomic mass is 35.5. The summed E-state index contributed by atoms with van der Waals surface area (Å²) in [5, 5.41) is 12.6. The zero-order valence-electron chi connectivity index (χ0n) is 14.4. The van der Waals surface area contributed by atoms with Crippen molar-refractivity contribution in [2.75, 3.05) is 13.2 Å². The molecule has 0 radical (unpaired) electrons. The Morgan fingerprint density at radius 2 is 1.93 bits per heavy atom. The Hall–Kier alpha value is -2.75.